The van der Waals surface area contributed by atoms with Crippen molar-refractivity contribution in [2.75, 3.05) is 49.8 Å². The number of alkyl halides is 3. The summed E-state index contributed by atoms with van der Waals surface area (Å²) in [4.78, 5) is 19.0. The highest BCUT2D eigenvalue weighted by atomic mass is 35.5. The molecule has 0 radical (unpaired) electrons. The van der Waals surface area contributed by atoms with Gasteiger partial charge in [-0.15, -0.1) is 0 Å². The van der Waals surface area contributed by atoms with E-state index in [1.54, 1.807) is 17.7 Å². The molecule has 2 aromatic heterocycles. The number of urea groups is 1. The van der Waals surface area contributed by atoms with Crippen LogP contribution in [-0.2, 0) is 28.8 Å². The molecular weight excluding hydrogens is 594 g/mol. The van der Waals surface area contributed by atoms with E-state index >= 15 is 4.39 Å². The first-order valence-electron chi connectivity index (χ1n) is 13.2. The molecule has 0 bridgehead atoms. The monoisotopic (exact) mass is 621 g/mol. The van der Waals surface area contributed by atoms with Gasteiger partial charge >= 0.3 is 12.2 Å². The number of nitrogen functional groups attached to an aromatic ring is 1. The van der Waals surface area contributed by atoms with Gasteiger partial charge in [-0.05, 0) is 42.3 Å². The highest BCUT2D eigenvalue weighted by Crippen LogP contribution is 2.38. The standard InChI is InChI=1S/C28H28ClF4N7O3/c1-42-14-18-23(13-39-7-2-9-43-10-8-39)40-25(26(34)35-15-36-40)24(18)16-3-6-21(20(30)11-16)37-27(41)38-22-12-17(28(31,32)33)4-5-19(22)29/h3-6,11-12,15H,2,7-10,13-14H2,1H3,(H2,34,35,36)(H2,37,38,41). The second kappa shape index (κ2) is 12.7. The van der Waals surface area contributed by atoms with Gasteiger partial charge in [-0.25, -0.2) is 18.7 Å². The van der Waals surface area contributed by atoms with E-state index in [0.29, 0.717) is 42.5 Å². The van der Waals surface area contributed by atoms with Gasteiger partial charge in [0.25, 0.3) is 0 Å². The third kappa shape index (κ3) is 6.67. The van der Waals surface area contributed by atoms with Crippen LogP contribution in [0.25, 0.3) is 16.6 Å². The van der Waals surface area contributed by atoms with Crippen molar-refractivity contribution in [1.29, 1.82) is 0 Å². The summed E-state index contributed by atoms with van der Waals surface area (Å²) in [6.07, 6.45) is -2.42. The van der Waals surface area contributed by atoms with E-state index < -0.39 is 23.6 Å². The van der Waals surface area contributed by atoms with Gasteiger partial charge in [0.15, 0.2) is 5.82 Å². The molecule has 4 aromatic rings. The maximum atomic E-state index is 15.4. The van der Waals surface area contributed by atoms with Crippen LogP contribution in [0.3, 0.4) is 0 Å². The number of aromatic nitrogens is 3. The second-order valence-corrected chi connectivity index (χ2v) is 10.3. The minimum Gasteiger partial charge on any atom is -0.382 e. The number of anilines is 3. The number of methoxy groups -OCH3 is 1. The Morgan fingerprint density at radius 3 is 2.67 bits per heavy atom. The minimum atomic E-state index is -4.64. The number of fused-ring (bicyclic) bond motifs is 1. The van der Waals surface area contributed by atoms with Crippen molar-refractivity contribution in [3.8, 4) is 11.1 Å². The lowest BCUT2D eigenvalue weighted by Crippen LogP contribution is -2.27. The number of hydrogen-bond donors (Lipinski definition) is 3. The van der Waals surface area contributed by atoms with Gasteiger partial charge in [-0.2, -0.15) is 18.3 Å². The molecule has 0 atom stereocenters. The van der Waals surface area contributed by atoms with Gasteiger partial charge in [-0.3, -0.25) is 4.90 Å². The molecule has 15 heteroatoms. The Morgan fingerprint density at radius 1 is 1.14 bits per heavy atom. The summed E-state index contributed by atoms with van der Waals surface area (Å²) in [6.45, 7) is 3.51. The fourth-order valence-corrected chi connectivity index (χ4v) is 5.17. The summed E-state index contributed by atoms with van der Waals surface area (Å²) in [5, 5.41) is 8.87. The summed E-state index contributed by atoms with van der Waals surface area (Å²) >= 11 is 5.96. The van der Waals surface area contributed by atoms with E-state index in [9.17, 15) is 18.0 Å². The van der Waals surface area contributed by atoms with Gasteiger partial charge in [0, 0.05) is 44.5 Å². The molecule has 1 saturated heterocycles. The zero-order valence-corrected chi connectivity index (χ0v) is 23.7. The van der Waals surface area contributed by atoms with Crippen LogP contribution >= 0.6 is 11.6 Å². The van der Waals surface area contributed by atoms with Crippen LogP contribution in [0.4, 0.5) is 39.5 Å². The molecule has 0 unspecified atom stereocenters. The predicted octanol–water partition coefficient (Wildman–Crippen LogP) is 5.80. The van der Waals surface area contributed by atoms with Gasteiger partial charge in [0.05, 0.1) is 40.9 Å². The lowest BCUT2D eigenvalue weighted by molar-refractivity contribution is -0.137. The number of rotatable bonds is 7. The smallest absolute Gasteiger partial charge is 0.382 e. The Balaban J connectivity index is 1.46. The molecule has 0 spiro atoms. The number of carbonyl (C=O) groups is 1. The fourth-order valence-electron chi connectivity index (χ4n) is 5.01. The van der Waals surface area contributed by atoms with E-state index in [-0.39, 0.29) is 28.8 Å². The third-order valence-corrected chi connectivity index (χ3v) is 7.32. The number of nitrogens with one attached hydrogen (secondary N) is 2. The highest BCUT2D eigenvalue weighted by molar-refractivity contribution is 6.33. The summed E-state index contributed by atoms with van der Waals surface area (Å²) < 4.78 is 67.5. The zero-order chi connectivity index (χ0) is 30.7. The van der Waals surface area contributed by atoms with Gasteiger partial charge in [-0.1, -0.05) is 17.7 Å². The quantitative estimate of drug-likeness (QED) is 0.223. The largest absolute Gasteiger partial charge is 0.416 e. The Labute approximate surface area is 248 Å². The summed E-state index contributed by atoms with van der Waals surface area (Å²) in [6, 6.07) is 5.66. The number of amides is 2. The maximum absolute atomic E-state index is 15.4. The van der Waals surface area contributed by atoms with Crippen LogP contribution in [0, 0.1) is 5.82 Å². The number of benzene rings is 2. The van der Waals surface area contributed by atoms with Crippen LogP contribution in [-0.4, -0.2) is 58.9 Å². The molecule has 5 rings (SSSR count). The third-order valence-electron chi connectivity index (χ3n) is 6.99. The zero-order valence-electron chi connectivity index (χ0n) is 23.0. The first-order chi connectivity index (χ1) is 20.6. The molecule has 1 aliphatic rings. The SMILES string of the molecule is COCc1c(-c2ccc(NC(=O)Nc3cc(C(F)(F)F)ccc3Cl)c(F)c2)c2c(N)ncnn2c1CN1CCCOCC1. The normalized spacial score (nSPS) is 14.6. The number of nitrogens with zero attached hydrogens (tertiary/aromatic N) is 4. The van der Waals surface area contributed by atoms with Crippen molar-refractivity contribution in [2.45, 2.75) is 25.7 Å². The van der Waals surface area contributed by atoms with Gasteiger partial charge in [0.1, 0.15) is 17.7 Å². The van der Waals surface area contributed by atoms with Crippen LogP contribution in [0.5, 0.6) is 0 Å². The lowest BCUT2D eigenvalue weighted by atomic mass is 10.0. The Morgan fingerprint density at radius 2 is 1.93 bits per heavy atom. The first kappa shape index (κ1) is 30.5. The average molecular weight is 622 g/mol. The second-order valence-electron chi connectivity index (χ2n) is 9.85. The van der Waals surface area contributed by atoms with E-state index in [1.165, 1.54) is 18.5 Å². The van der Waals surface area contributed by atoms with E-state index in [4.69, 9.17) is 26.8 Å². The van der Waals surface area contributed by atoms with Crippen molar-refractivity contribution < 1.29 is 31.8 Å². The van der Waals surface area contributed by atoms with Crippen molar-refractivity contribution in [3.63, 3.8) is 0 Å². The van der Waals surface area contributed by atoms with Crippen molar-refractivity contribution in [3.05, 3.63) is 70.4 Å². The molecule has 2 aromatic carbocycles. The Hall–Kier alpha value is -3.98. The number of hydrogen-bond acceptors (Lipinski definition) is 7. The minimum absolute atomic E-state index is 0.117. The molecule has 1 fully saturated rings. The molecule has 2 amide bonds. The number of carbonyl (C=O) groups excluding carboxylic acids is 1. The number of halogens is 5. The first-order valence-corrected chi connectivity index (χ1v) is 13.6. The van der Waals surface area contributed by atoms with Gasteiger partial charge in [0.2, 0.25) is 0 Å². The average Bonchev–Trinajstić information content (AvgIpc) is 3.08. The molecule has 0 saturated carbocycles. The summed E-state index contributed by atoms with van der Waals surface area (Å²) in [7, 11) is 1.55. The van der Waals surface area contributed by atoms with Crippen molar-refractivity contribution >= 4 is 40.3 Å². The number of nitrogens with two attached hydrogens (primary N) is 1. The van der Waals surface area contributed by atoms with E-state index in [2.05, 4.69) is 25.6 Å². The highest BCUT2D eigenvalue weighted by Gasteiger charge is 2.31. The Kier molecular flexibility index (Phi) is 9.01. The summed E-state index contributed by atoms with van der Waals surface area (Å²) in [5.74, 6) is -0.611. The van der Waals surface area contributed by atoms with E-state index in [0.717, 1.165) is 42.9 Å². The lowest BCUT2D eigenvalue weighted by Gasteiger charge is -2.19. The number of ether oxygens (including phenoxy) is 2. The maximum Gasteiger partial charge on any atom is 0.416 e. The summed E-state index contributed by atoms with van der Waals surface area (Å²) in [5.41, 5.74) is 7.85. The topological polar surface area (TPSA) is 119 Å². The molecule has 43 heavy (non-hydrogen) atoms. The molecule has 228 valence electrons. The molecular formula is C28H28ClF4N7O3. The van der Waals surface area contributed by atoms with Crippen LogP contribution in [0.15, 0.2) is 42.7 Å². The fraction of sp³-hybridized carbons (Fsp3) is 0.321. The Bertz CT molecular complexity index is 1640. The van der Waals surface area contributed by atoms with E-state index in [1.807, 2.05) is 0 Å². The van der Waals surface area contributed by atoms with Crippen LogP contribution in [0.2, 0.25) is 5.02 Å². The molecule has 3 heterocycles. The molecule has 4 N–H and O–H groups in total. The van der Waals surface area contributed by atoms with Crippen molar-refractivity contribution in [1.82, 2.24) is 19.5 Å². The van der Waals surface area contributed by atoms with Gasteiger partial charge < -0.3 is 25.8 Å². The van der Waals surface area contributed by atoms with Crippen LogP contribution < -0.4 is 16.4 Å². The molecule has 1 aliphatic heterocycles. The molecule has 0 aliphatic carbocycles. The van der Waals surface area contributed by atoms with Crippen LogP contribution in [0.1, 0.15) is 23.2 Å². The molecule has 10 nitrogen and oxygen atoms in total. The van der Waals surface area contributed by atoms with Crippen molar-refractivity contribution in [2.24, 2.45) is 0 Å². The predicted molar refractivity (Wildman–Crippen MR) is 153 cm³/mol.